The number of rotatable bonds is 18. The molecule has 0 bridgehead atoms. The number of carboxylic acids is 2. The summed E-state index contributed by atoms with van der Waals surface area (Å²) in [6.07, 6.45) is 2.82. The highest BCUT2D eigenvalue weighted by Gasteiger charge is 2.17. The number of ether oxygens (including phenoxy) is 2. The second-order valence-corrected chi connectivity index (χ2v) is 6.20. The molecule has 1 atom stereocenters. The molecule has 0 saturated heterocycles. The lowest BCUT2D eigenvalue weighted by Crippen LogP contribution is -2.34. The van der Waals surface area contributed by atoms with Crippen molar-refractivity contribution in [2.75, 3.05) is 46.2 Å². The largest absolute Gasteiger partial charge is 0.481 e. The standard InChI is InChI=1S/C18H33NO7/c1-3-25-10-7-15(2)4-5-16(12-17(21)22)6-8-19(13-18(23)24)9-11-26-14-20/h16,20H,2-14H2,1H3,(H,21,22)(H,23,24). The molecular weight excluding hydrogens is 342 g/mol. The molecule has 0 spiro atoms. The van der Waals surface area contributed by atoms with Crippen LogP contribution in [0.3, 0.4) is 0 Å². The summed E-state index contributed by atoms with van der Waals surface area (Å²) >= 11 is 0. The van der Waals surface area contributed by atoms with Crippen molar-refractivity contribution in [1.82, 2.24) is 4.90 Å². The van der Waals surface area contributed by atoms with Gasteiger partial charge in [-0.15, -0.1) is 0 Å². The van der Waals surface area contributed by atoms with Gasteiger partial charge in [-0.3, -0.25) is 14.5 Å². The molecule has 8 nitrogen and oxygen atoms in total. The number of hydrogen-bond donors (Lipinski definition) is 3. The zero-order chi connectivity index (χ0) is 19.8. The highest BCUT2D eigenvalue weighted by Crippen LogP contribution is 2.20. The molecule has 152 valence electrons. The smallest absolute Gasteiger partial charge is 0.317 e. The van der Waals surface area contributed by atoms with Crippen LogP contribution in [0.15, 0.2) is 12.2 Å². The number of hydrogen-bond acceptors (Lipinski definition) is 6. The van der Waals surface area contributed by atoms with Crippen molar-refractivity contribution in [3.8, 4) is 0 Å². The molecule has 0 saturated carbocycles. The lowest BCUT2D eigenvalue weighted by Gasteiger charge is -2.23. The molecule has 8 heteroatoms. The topological polar surface area (TPSA) is 117 Å². The maximum absolute atomic E-state index is 11.1. The van der Waals surface area contributed by atoms with E-state index in [0.717, 1.165) is 18.4 Å². The molecule has 0 aliphatic heterocycles. The van der Waals surface area contributed by atoms with Crippen LogP contribution in [0, 0.1) is 5.92 Å². The predicted molar refractivity (Wildman–Crippen MR) is 97.0 cm³/mol. The second-order valence-electron chi connectivity index (χ2n) is 6.20. The van der Waals surface area contributed by atoms with E-state index < -0.39 is 18.7 Å². The van der Waals surface area contributed by atoms with Crippen molar-refractivity contribution in [3.05, 3.63) is 12.2 Å². The van der Waals surface area contributed by atoms with Crippen molar-refractivity contribution in [3.63, 3.8) is 0 Å². The van der Waals surface area contributed by atoms with Crippen LogP contribution in [-0.4, -0.2) is 78.4 Å². The number of aliphatic hydroxyl groups is 1. The van der Waals surface area contributed by atoms with Gasteiger partial charge in [0.25, 0.3) is 0 Å². The fourth-order valence-corrected chi connectivity index (χ4v) is 2.57. The molecule has 0 aliphatic carbocycles. The van der Waals surface area contributed by atoms with Gasteiger partial charge >= 0.3 is 11.9 Å². The molecular formula is C18H33NO7. The van der Waals surface area contributed by atoms with Gasteiger partial charge in [0.1, 0.15) is 6.79 Å². The van der Waals surface area contributed by atoms with E-state index in [0.29, 0.717) is 39.1 Å². The highest BCUT2D eigenvalue weighted by molar-refractivity contribution is 5.69. The minimum atomic E-state index is -0.951. The van der Waals surface area contributed by atoms with Crippen molar-refractivity contribution in [2.45, 2.75) is 39.0 Å². The Morgan fingerprint density at radius 3 is 2.35 bits per heavy atom. The van der Waals surface area contributed by atoms with E-state index in [2.05, 4.69) is 6.58 Å². The first-order valence-electron chi connectivity index (χ1n) is 8.97. The van der Waals surface area contributed by atoms with Crippen LogP contribution >= 0.6 is 0 Å². The van der Waals surface area contributed by atoms with Crippen LogP contribution in [0.1, 0.15) is 39.0 Å². The van der Waals surface area contributed by atoms with Gasteiger partial charge in [0.15, 0.2) is 0 Å². The first kappa shape index (κ1) is 24.5. The van der Waals surface area contributed by atoms with Crippen molar-refractivity contribution >= 4 is 11.9 Å². The fraction of sp³-hybridized carbons (Fsp3) is 0.778. The molecule has 0 aromatic heterocycles. The summed E-state index contributed by atoms with van der Waals surface area (Å²) in [4.78, 5) is 23.7. The first-order valence-corrected chi connectivity index (χ1v) is 8.97. The van der Waals surface area contributed by atoms with E-state index in [1.165, 1.54) is 0 Å². The van der Waals surface area contributed by atoms with E-state index in [-0.39, 0.29) is 25.5 Å². The Labute approximate surface area is 155 Å². The minimum absolute atomic E-state index is 0.0484. The Balaban J connectivity index is 4.43. The van der Waals surface area contributed by atoms with Crippen LogP contribution in [0.4, 0.5) is 0 Å². The Morgan fingerprint density at radius 1 is 1.04 bits per heavy atom. The quantitative estimate of drug-likeness (QED) is 0.188. The number of carbonyl (C=O) groups is 2. The molecule has 0 aliphatic rings. The third-order valence-corrected chi connectivity index (χ3v) is 4.03. The van der Waals surface area contributed by atoms with Crippen LogP contribution in [0.25, 0.3) is 0 Å². The highest BCUT2D eigenvalue weighted by atomic mass is 16.6. The summed E-state index contributed by atoms with van der Waals surface area (Å²) in [6.45, 7) is 7.72. The zero-order valence-corrected chi connectivity index (χ0v) is 15.7. The second kappa shape index (κ2) is 15.7. The molecule has 0 rings (SSSR count). The number of aliphatic carboxylic acids is 2. The van der Waals surface area contributed by atoms with E-state index >= 15 is 0 Å². The molecule has 1 unspecified atom stereocenters. The minimum Gasteiger partial charge on any atom is -0.481 e. The normalized spacial score (nSPS) is 12.3. The van der Waals surface area contributed by atoms with Crippen LogP contribution in [-0.2, 0) is 19.1 Å². The predicted octanol–water partition coefficient (Wildman–Crippen LogP) is 1.58. The number of nitrogens with zero attached hydrogens (tertiary/aromatic N) is 1. The summed E-state index contributed by atoms with van der Waals surface area (Å²) in [6, 6.07) is 0. The van der Waals surface area contributed by atoms with Gasteiger partial charge in [0, 0.05) is 19.6 Å². The molecule has 3 N–H and O–H groups in total. The van der Waals surface area contributed by atoms with Gasteiger partial charge in [-0.1, -0.05) is 12.2 Å². The maximum Gasteiger partial charge on any atom is 0.317 e. The van der Waals surface area contributed by atoms with Gasteiger partial charge in [0.05, 0.1) is 19.8 Å². The Morgan fingerprint density at radius 2 is 1.77 bits per heavy atom. The van der Waals surface area contributed by atoms with E-state index in [9.17, 15) is 9.59 Å². The third kappa shape index (κ3) is 14.8. The molecule has 0 fully saturated rings. The molecule has 0 radical (unpaired) electrons. The fourth-order valence-electron chi connectivity index (χ4n) is 2.57. The Bertz CT molecular complexity index is 414. The lowest BCUT2D eigenvalue weighted by atomic mass is 9.93. The van der Waals surface area contributed by atoms with Gasteiger partial charge < -0.3 is 24.8 Å². The summed E-state index contributed by atoms with van der Waals surface area (Å²) in [7, 11) is 0. The molecule has 0 heterocycles. The number of carboxylic acid groups (broad SMARTS) is 2. The van der Waals surface area contributed by atoms with Gasteiger partial charge in [0.2, 0.25) is 0 Å². The van der Waals surface area contributed by atoms with Gasteiger partial charge in [-0.05, 0) is 45.1 Å². The average Bonchev–Trinajstić information content (AvgIpc) is 2.56. The Kier molecular flexibility index (Phi) is 14.9. The Hall–Kier alpha value is -1.48. The van der Waals surface area contributed by atoms with Gasteiger partial charge in [-0.25, -0.2) is 0 Å². The SMILES string of the molecule is C=C(CCOCC)CCC(CCN(CCOCO)CC(=O)O)CC(=O)O. The average molecular weight is 375 g/mol. The molecule has 26 heavy (non-hydrogen) atoms. The summed E-state index contributed by atoms with van der Waals surface area (Å²) in [5, 5.41) is 26.7. The van der Waals surface area contributed by atoms with Crippen LogP contribution in [0.2, 0.25) is 0 Å². The van der Waals surface area contributed by atoms with Crippen molar-refractivity contribution in [2.24, 2.45) is 5.92 Å². The van der Waals surface area contributed by atoms with Gasteiger partial charge in [-0.2, -0.15) is 0 Å². The van der Waals surface area contributed by atoms with Crippen molar-refractivity contribution < 1.29 is 34.4 Å². The van der Waals surface area contributed by atoms with Crippen molar-refractivity contribution in [1.29, 1.82) is 0 Å². The summed E-state index contributed by atoms with van der Waals surface area (Å²) in [5.41, 5.74) is 1.03. The van der Waals surface area contributed by atoms with Crippen LogP contribution in [0.5, 0.6) is 0 Å². The lowest BCUT2D eigenvalue weighted by molar-refractivity contribution is -0.140. The summed E-state index contributed by atoms with van der Waals surface area (Å²) < 4.78 is 10.1. The number of aliphatic hydroxyl groups excluding tert-OH is 1. The van der Waals surface area contributed by atoms with E-state index in [1.54, 1.807) is 4.90 Å². The van der Waals surface area contributed by atoms with E-state index in [1.807, 2.05) is 6.92 Å². The maximum atomic E-state index is 11.1. The molecule has 0 aromatic carbocycles. The third-order valence-electron chi connectivity index (χ3n) is 4.03. The summed E-state index contributed by atoms with van der Waals surface area (Å²) in [5.74, 6) is -1.86. The zero-order valence-electron chi connectivity index (χ0n) is 15.7. The molecule has 0 aromatic rings. The molecule has 0 amide bonds. The van der Waals surface area contributed by atoms with E-state index in [4.69, 9.17) is 24.8 Å². The monoisotopic (exact) mass is 375 g/mol. The first-order chi connectivity index (χ1) is 12.4. The van der Waals surface area contributed by atoms with Crippen LogP contribution < -0.4 is 0 Å².